The third-order valence-electron chi connectivity index (χ3n) is 3.80. The summed E-state index contributed by atoms with van der Waals surface area (Å²) in [7, 11) is 0. The molecule has 3 aromatic rings. The first kappa shape index (κ1) is 15.2. The van der Waals surface area contributed by atoms with Crippen molar-refractivity contribution < 1.29 is 13.9 Å². The minimum absolute atomic E-state index is 0.0854. The van der Waals surface area contributed by atoms with E-state index in [1.807, 2.05) is 0 Å². The Morgan fingerprint density at radius 2 is 2.04 bits per heavy atom. The third kappa shape index (κ3) is 2.65. The molecule has 1 fully saturated rings. The van der Waals surface area contributed by atoms with Crippen LogP contribution in [0.1, 0.15) is 10.4 Å². The van der Waals surface area contributed by atoms with E-state index in [9.17, 15) is 4.79 Å². The summed E-state index contributed by atoms with van der Waals surface area (Å²) in [6.45, 7) is 2.24. The van der Waals surface area contributed by atoms with Gasteiger partial charge in [-0.3, -0.25) is 4.79 Å². The zero-order valence-electron chi connectivity index (χ0n) is 12.6. The van der Waals surface area contributed by atoms with Gasteiger partial charge in [0.25, 0.3) is 5.91 Å². The maximum atomic E-state index is 12.6. The zero-order valence-corrected chi connectivity index (χ0v) is 14.2. The molecule has 9 heteroatoms. The molecular weight excluding hydrogens is 378 g/mol. The Labute approximate surface area is 145 Å². The Kier molecular flexibility index (Phi) is 3.73. The zero-order chi connectivity index (χ0) is 16.7. The molecule has 3 aromatic heterocycles. The minimum atomic E-state index is -0.0854. The van der Waals surface area contributed by atoms with Crippen LogP contribution in [-0.4, -0.2) is 51.7 Å². The molecule has 0 aromatic carbocycles. The number of nitrogen functional groups attached to an aromatic ring is 1. The number of amides is 1. The van der Waals surface area contributed by atoms with Gasteiger partial charge in [0.2, 0.25) is 5.82 Å². The molecule has 124 valence electrons. The average Bonchev–Trinajstić information content (AvgIpc) is 3.21. The molecule has 0 radical (unpaired) electrons. The summed E-state index contributed by atoms with van der Waals surface area (Å²) in [5.74, 6) is 1.18. The lowest BCUT2D eigenvalue weighted by Crippen LogP contribution is -2.40. The number of halogens is 1. The van der Waals surface area contributed by atoms with Crippen molar-refractivity contribution in [2.24, 2.45) is 0 Å². The number of ether oxygens (including phenoxy) is 1. The predicted octanol–water partition coefficient (Wildman–Crippen LogP) is 1.81. The van der Waals surface area contributed by atoms with Gasteiger partial charge in [-0.05, 0) is 40.2 Å². The van der Waals surface area contributed by atoms with Gasteiger partial charge in [0, 0.05) is 18.7 Å². The molecule has 0 unspecified atom stereocenters. The van der Waals surface area contributed by atoms with Gasteiger partial charge in [-0.2, -0.15) is 4.52 Å². The standard InChI is InChI=1S/C15H14BrN5O3/c16-11-2-1-10(24-11)14-18-13-8-9(7-12(17)21(13)19-14)15(22)20-3-5-23-6-4-20/h1-2,7-8H,3-6,17H2. The first-order chi connectivity index (χ1) is 11.6. The Hall–Kier alpha value is -2.39. The van der Waals surface area contributed by atoms with E-state index in [1.54, 1.807) is 29.2 Å². The van der Waals surface area contributed by atoms with Gasteiger partial charge >= 0.3 is 0 Å². The van der Waals surface area contributed by atoms with Crippen LogP contribution in [0.25, 0.3) is 17.2 Å². The molecule has 0 aliphatic carbocycles. The summed E-state index contributed by atoms with van der Waals surface area (Å²) in [4.78, 5) is 18.8. The summed E-state index contributed by atoms with van der Waals surface area (Å²) in [6.07, 6.45) is 0. The van der Waals surface area contributed by atoms with E-state index in [4.69, 9.17) is 14.9 Å². The van der Waals surface area contributed by atoms with Crippen molar-refractivity contribution in [3.05, 3.63) is 34.5 Å². The smallest absolute Gasteiger partial charge is 0.254 e. The second-order valence-electron chi connectivity index (χ2n) is 5.38. The second-order valence-corrected chi connectivity index (χ2v) is 6.16. The van der Waals surface area contributed by atoms with Crippen LogP contribution < -0.4 is 5.73 Å². The quantitative estimate of drug-likeness (QED) is 0.714. The van der Waals surface area contributed by atoms with Crippen molar-refractivity contribution in [1.82, 2.24) is 19.5 Å². The molecule has 2 N–H and O–H groups in total. The lowest BCUT2D eigenvalue weighted by atomic mass is 10.2. The normalized spacial score (nSPS) is 15.1. The Balaban J connectivity index is 1.72. The number of fused-ring (bicyclic) bond motifs is 1. The van der Waals surface area contributed by atoms with Gasteiger partial charge in [-0.1, -0.05) is 0 Å². The monoisotopic (exact) mass is 391 g/mol. The number of hydrogen-bond acceptors (Lipinski definition) is 6. The van der Waals surface area contributed by atoms with Crippen molar-refractivity contribution >= 4 is 33.3 Å². The Morgan fingerprint density at radius 1 is 1.25 bits per heavy atom. The largest absolute Gasteiger partial charge is 0.446 e. The first-order valence-electron chi connectivity index (χ1n) is 7.41. The SMILES string of the molecule is Nc1cc(C(=O)N2CCOCC2)cc2nc(-c3ccc(Br)o3)nn12. The molecule has 4 heterocycles. The van der Waals surface area contributed by atoms with E-state index >= 15 is 0 Å². The van der Waals surface area contributed by atoms with Crippen LogP contribution >= 0.6 is 15.9 Å². The fraction of sp³-hybridized carbons (Fsp3) is 0.267. The highest BCUT2D eigenvalue weighted by atomic mass is 79.9. The molecule has 0 bridgehead atoms. The number of morpholine rings is 1. The van der Waals surface area contributed by atoms with E-state index < -0.39 is 0 Å². The van der Waals surface area contributed by atoms with Crippen molar-refractivity contribution in [1.29, 1.82) is 0 Å². The summed E-state index contributed by atoms with van der Waals surface area (Å²) >= 11 is 3.25. The molecule has 4 rings (SSSR count). The number of carbonyl (C=O) groups excluding carboxylic acids is 1. The molecule has 1 amide bonds. The topological polar surface area (TPSA) is 98.9 Å². The van der Waals surface area contributed by atoms with Crippen LogP contribution in [0.5, 0.6) is 0 Å². The third-order valence-corrected chi connectivity index (χ3v) is 4.23. The van der Waals surface area contributed by atoms with Gasteiger partial charge in [-0.25, -0.2) is 4.98 Å². The van der Waals surface area contributed by atoms with Gasteiger partial charge < -0.3 is 19.8 Å². The molecule has 8 nitrogen and oxygen atoms in total. The number of furan rings is 1. The summed E-state index contributed by atoms with van der Waals surface area (Å²) in [5, 5.41) is 4.33. The molecule has 1 saturated heterocycles. The molecule has 24 heavy (non-hydrogen) atoms. The molecule has 0 atom stereocenters. The fourth-order valence-electron chi connectivity index (χ4n) is 2.62. The molecule has 1 aliphatic heterocycles. The highest BCUT2D eigenvalue weighted by Crippen LogP contribution is 2.24. The van der Waals surface area contributed by atoms with Crippen molar-refractivity contribution in [3.8, 4) is 11.6 Å². The number of nitrogens with zero attached hydrogens (tertiary/aromatic N) is 4. The van der Waals surface area contributed by atoms with E-state index in [1.165, 1.54) is 4.52 Å². The van der Waals surface area contributed by atoms with Crippen molar-refractivity contribution in [2.45, 2.75) is 0 Å². The molecule has 0 saturated carbocycles. The average molecular weight is 392 g/mol. The molecular formula is C15H14BrN5O3. The van der Waals surface area contributed by atoms with Crippen molar-refractivity contribution in [2.75, 3.05) is 32.0 Å². The van der Waals surface area contributed by atoms with Gasteiger partial charge in [0.1, 0.15) is 5.82 Å². The van der Waals surface area contributed by atoms with E-state index in [0.717, 1.165) is 0 Å². The lowest BCUT2D eigenvalue weighted by molar-refractivity contribution is 0.0303. The number of nitrogens with two attached hydrogens (primary N) is 1. The summed E-state index contributed by atoms with van der Waals surface area (Å²) in [5.41, 5.74) is 7.03. The number of hydrogen-bond donors (Lipinski definition) is 1. The van der Waals surface area contributed by atoms with Crippen LogP contribution in [0, 0.1) is 0 Å². The van der Waals surface area contributed by atoms with Crippen molar-refractivity contribution in [3.63, 3.8) is 0 Å². The summed E-state index contributed by atoms with van der Waals surface area (Å²) < 4.78 is 12.8. The Morgan fingerprint density at radius 3 is 2.75 bits per heavy atom. The number of pyridine rings is 1. The van der Waals surface area contributed by atoms with Crippen LogP contribution in [-0.2, 0) is 4.74 Å². The Bertz CT molecular complexity index is 913. The van der Waals surface area contributed by atoms with Gasteiger partial charge in [-0.15, -0.1) is 5.10 Å². The highest BCUT2D eigenvalue weighted by molar-refractivity contribution is 9.10. The number of rotatable bonds is 2. The maximum Gasteiger partial charge on any atom is 0.254 e. The van der Waals surface area contributed by atoms with Crippen LogP contribution in [0.3, 0.4) is 0 Å². The number of carbonyl (C=O) groups is 1. The van der Waals surface area contributed by atoms with Gasteiger partial charge in [0.15, 0.2) is 16.1 Å². The van der Waals surface area contributed by atoms with E-state index in [2.05, 4.69) is 26.0 Å². The second kappa shape index (κ2) is 5.91. The van der Waals surface area contributed by atoms with E-state index in [0.29, 0.717) is 59.6 Å². The van der Waals surface area contributed by atoms with Crippen LogP contribution in [0.2, 0.25) is 0 Å². The fourth-order valence-corrected chi connectivity index (χ4v) is 2.93. The first-order valence-corrected chi connectivity index (χ1v) is 8.20. The highest BCUT2D eigenvalue weighted by Gasteiger charge is 2.21. The van der Waals surface area contributed by atoms with Gasteiger partial charge in [0.05, 0.1) is 13.2 Å². The molecule has 0 spiro atoms. The maximum absolute atomic E-state index is 12.6. The molecule has 1 aliphatic rings. The lowest BCUT2D eigenvalue weighted by Gasteiger charge is -2.26. The minimum Gasteiger partial charge on any atom is -0.446 e. The van der Waals surface area contributed by atoms with E-state index in [-0.39, 0.29) is 5.91 Å². The predicted molar refractivity (Wildman–Crippen MR) is 89.5 cm³/mol. The van der Waals surface area contributed by atoms with Crippen LogP contribution in [0.4, 0.5) is 5.82 Å². The van der Waals surface area contributed by atoms with Crippen LogP contribution in [0.15, 0.2) is 33.4 Å². The number of aromatic nitrogens is 3. The number of anilines is 1. The summed E-state index contributed by atoms with van der Waals surface area (Å²) in [6, 6.07) is 6.82.